The van der Waals surface area contributed by atoms with Crippen LogP contribution in [0.25, 0.3) is 0 Å². The molecule has 2 atom stereocenters. The first-order valence-electron chi connectivity index (χ1n) is 21.6. The summed E-state index contributed by atoms with van der Waals surface area (Å²) in [6.45, 7) is 4.31. The van der Waals surface area contributed by atoms with Gasteiger partial charge in [0.25, 0.3) is 0 Å². The van der Waals surface area contributed by atoms with Crippen LogP contribution in [-0.2, 0) is 4.79 Å². The van der Waals surface area contributed by atoms with Crippen LogP contribution in [0.1, 0.15) is 232 Å². The Morgan fingerprint density at radius 3 is 1.15 bits per heavy atom. The molecule has 2 unspecified atom stereocenters. The molecule has 1 amide bonds. The number of carbonyl (C=O) groups is 1. The van der Waals surface area contributed by atoms with Crippen molar-refractivity contribution < 1.29 is 15.0 Å². The zero-order valence-corrected chi connectivity index (χ0v) is 32.5. The van der Waals surface area contributed by atoms with Crippen LogP contribution in [0.5, 0.6) is 0 Å². The van der Waals surface area contributed by atoms with Crippen LogP contribution in [0.4, 0.5) is 0 Å². The molecule has 4 heteroatoms. The summed E-state index contributed by atoms with van der Waals surface area (Å²) in [7, 11) is 0. The third kappa shape index (κ3) is 36.2. The van der Waals surface area contributed by atoms with Crippen LogP contribution in [0.15, 0.2) is 24.3 Å². The molecule has 0 rings (SSSR count). The third-order valence-electron chi connectivity index (χ3n) is 9.93. The second kappa shape index (κ2) is 40.3. The number of aliphatic hydroxyl groups excluding tert-OH is 2. The molecule has 0 aromatic rings. The molecule has 0 aromatic heterocycles. The fourth-order valence-corrected chi connectivity index (χ4v) is 6.58. The van der Waals surface area contributed by atoms with E-state index in [1.165, 1.54) is 186 Å². The smallest absolute Gasteiger partial charge is 0.220 e. The zero-order chi connectivity index (χ0) is 35.0. The average molecular weight is 676 g/mol. The normalized spacial score (nSPS) is 13.2. The number of hydrogen-bond donors (Lipinski definition) is 3. The second-order valence-electron chi connectivity index (χ2n) is 14.8. The summed E-state index contributed by atoms with van der Waals surface area (Å²) in [6, 6.07) is -0.621. The van der Waals surface area contributed by atoms with Crippen molar-refractivity contribution in [3.63, 3.8) is 0 Å². The van der Waals surface area contributed by atoms with Crippen LogP contribution < -0.4 is 5.32 Å². The lowest BCUT2D eigenvalue weighted by molar-refractivity contribution is -0.123. The van der Waals surface area contributed by atoms with E-state index < -0.39 is 12.1 Å². The van der Waals surface area contributed by atoms with E-state index in [1.807, 2.05) is 6.08 Å². The molecular formula is C44H85NO3. The molecule has 0 aliphatic heterocycles. The van der Waals surface area contributed by atoms with Gasteiger partial charge in [0, 0.05) is 6.42 Å². The Morgan fingerprint density at radius 1 is 0.479 bits per heavy atom. The number of rotatable bonds is 39. The Bertz CT molecular complexity index is 691. The molecule has 0 aliphatic carbocycles. The molecule has 4 nitrogen and oxygen atoms in total. The van der Waals surface area contributed by atoms with Gasteiger partial charge in [-0.05, 0) is 44.9 Å². The molecule has 0 radical (unpaired) electrons. The molecule has 0 heterocycles. The van der Waals surface area contributed by atoms with Crippen molar-refractivity contribution in [2.24, 2.45) is 0 Å². The van der Waals surface area contributed by atoms with Gasteiger partial charge in [-0.25, -0.2) is 0 Å². The van der Waals surface area contributed by atoms with Gasteiger partial charge in [-0.1, -0.05) is 205 Å². The number of hydrogen-bond acceptors (Lipinski definition) is 3. The Hall–Kier alpha value is -1.13. The number of amides is 1. The first-order valence-corrected chi connectivity index (χ1v) is 21.6. The Labute approximate surface area is 300 Å². The second-order valence-corrected chi connectivity index (χ2v) is 14.8. The number of unbranched alkanes of at least 4 members (excludes halogenated alkanes) is 30. The molecule has 284 valence electrons. The van der Waals surface area contributed by atoms with Gasteiger partial charge in [-0.15, -0.1) is 0 Å². The molecule has 0 bridgehead atoms. The maximum Gasteiger partial charge on any atom is 0.220 e. The minimum Gasteiger partial charge on any atom is -0.394 e. The van der Waals surface area contributed by atoms with Crippen molar-refractivity contribution in [3.05, 3.63) is 24.3 Å². The summed E-state index contributed by atoms with van der Waals surface area (Å²) in [6.07, 6.45) is 51.4. The largest absolute Gasteiger partial charge is 0.394 e. The van der Waals surface area contributed by atoms with Crippen LogP contribution >= 0.6 is 0 Å². The van der Waals surface area contributed by atoms with Gasteiger partial charge in [-0.2, -0.15) is 0 Å². The van der Waals surface area contributed by atoms with Crippen molar-refractivity contribution >= 4 is 5.91 Å². The lowest BCUT2D eigenvalue weighted by atomic mass is 10.0. The van der Waals surface area contributed by atoms with Gasteiger partial charge in [-0.3, -0.25) is 4.79 Å². The summed E-state index contributed by atoms with van der Waals surface area (Å²) >= 11 is 0. The van der Waals surface area contributed by atoms with E-state index in [0.717, 1.165) is 25.7 Å². The summed E-state index contributed by atoms with van der Waals surface area (Å²) < 4.78 is 0. The topological polar surface area (TPSA) is 69.6 Å². The quantitative estimate of drug-likeness (QED) is 0.0448. The van der Waals surface area contributed by atoms with Gasteiger partial charge in [0.1, 0.15) is 0 Å². The van der Waals surface area contributed by atoms with Crippen LogP contribution in [-0.4, -0.2) is 34.9 Å². The molecule has 3 N–H and O–H groups in total. The summed E-state index contributed by atoms with van der Waals surface area (Å²) in [5.74, 6) is -0.0671. The number of nitrogens with one attached hydrogen (secondary N) is 1. The molecule has 0 fully saturated rings. The molecule has 0 saturated carbocycles. The SMILES string of the molecule is CCCCCCCCCCCCC=CCCCCCCCCCC(=O)NC(CO)C(O)C=CCCCCCCCCCCCCCCC. The summed E-state index contributed by atoms with van der Waals surface area (Å²) in [4.78, 5) is 12.4. The van der Waals surface area contributed by atoms with E-state index >= 15 is 0 Å². The van der Waals surface area contributed by atoms with Crippen molar-refractivity contribution in [1.82, 2.24) is 5.32 Å². The van der Waals surface area contributed by atoms with E-state index in [4.69, 9.17) is 0 Å². The highest BCUT2D eigenvalue weighted by Crippen LogP contribution is 2.15. The molecular weight excluding hydrogens is 590 g/mol. The van der Waals surface area contributed by atoms with E-state index in [0.29, 0.717) is 6.42 Å². The summed E-state index contributed by atoms with van der Waals surface area (Å²) in [5.41, 5.74) is 0. The number of carbonyl (C=O) groups excluding carboxylic acids is 1. The predicted molar refractivity (Wildman–Crippen MR) is 212 cm³/mol. The van der Waals surface area contributed by atoms with Gasteiger partial charge < -0.3 is 15.5 Å². The Kier molecular flexibility index (Phi) is 39.4. The first-order chi connectivity index (χ1) is 23.7. The van der Waals surface area contributed by atoms with Crippen molar-refractivity contribution in [3.8, 4) is 0 Å². The third-order valence-corrected chi connectivity index (χ3v) is 9.93. The monoisotopic (exact) mass is 676 g/mol. The summed E-state index contributed by atoms with van der Waals surface area (Å²) in [5, 5.41) is 23.0. The van der Waals surface area contributed by atoms with Crippen molar-refractivity contribution in [2.75, 3.05) is 6.61 Å². The Morgan fingerprint density at radius 2 is 0.792 bits per heavy atom. The van der Waals surface area contributed by atoms with Crippen LogP contribution in [0.3, 0.4) is 0 Å². The first kappa shape index (κ1) is 46.9. The van der Waals surface area contributed by atoms with Gasteiger partial charge in [0.2, 0.25) is 5.91 Å². The van der Waals surface area contributed by atoms with E-state index in [-0.39, 0.29) is 12.5 Å². The van der Waals surface area contributed by atoms with E-state index in [9.17, 15) is 15.0 Å². The lowest BCUT2D eigenvalue weighted by Gasteiger charge is -2.20. The van der Waals surface area contributed by atoms with Gasteiger partial charge in [0.15, 0.2) is 0 Å². The van der Waals surface area contributed by atoms with Gasteiger partial charge >= 0.3 is 0 Å². The number of aliphatic hydroxyl groups is 2. The number of allylic oxidation sites excluding steroid dienone is 3. The van der Waals surface area contributed by atoms with Crippen molar-refractivity contribution in [1.29, 1.82) is 0 Å². The molecule has 48 heavy (non-hydrogen) atoms. The minimum absolute atomic E-state index is 0.0671. The molecule has 0 aromatic carbocycles. The zero-order valence-electron chi connectivity index (χ0n) is 32.5. The lowest BCUT2D eigenvalue weighted by Crippen LogP contribution is -2.45. The highest BCUT2D eigenvalue weighted by atomic mass is 16.3. The highest BCUT2D eigenvalue weighted by molar-refractivity contribution is 5.76. The highest BCUT2D eigenvalue weighted by Gasteiger charge is 2.17. The minimum atomic E-state index is -0.838. The fraction of sp³-hybridized carbons (Fsp3) is 0.886. The predicted octanol–water partition coefficient (Wildman–Crippen LogP) is 13.2. The molecule has 0 saturated heterocycles. The van der Waals surface area contributed by atoms with Gasteiger partial charge in [0.05, 0.1) is 18.8 Å². The Balaban J connectivity index is 3.56. The van der Waals surface area contributed by atoms with Crippen LogP contribution in [0, 0.1) is 0 Å². The average Bonchev–Trinajstić information content (AvgIpc) is 3.09. The standard InChI is InChI=1S/C44H85NO3/c1-3-5-7-9-11-13-15-17-19-20-21-22-23-24-26-28-30-32-34-36-38-40-44(48)45-42(41-46)43(47)39-37-35-33-31-29-27-25-18-16-14-12-10-8-6-4-2/h22-23,37,39,42-43,46-47H,3-21,24-36,38,40-41H2,1-2H3,(H,45,48). The maximum absolute atomic E-state index is 12.4. The molecule has 0 spiro atoms. The maximum atomic E-state index is 12.4. The van der Waals surface area contributed by atoms with E-state index in [2.05, 4.69) is 31.3 Å². The fourth-order valence-electron chi connectivity index (χ4n) is 6.58. The van der Waals surface area contributed by atoms with Crippen molar-refractivity contribution in [2.45, 2.75) is 244 Å². The van der Waals surface area contributed by atoms with Crippen LogP contribution in [0.2, 0.25) is 0 Å². The van der Waals surface area contributed by atoms with E-state index in [1.54, 1.807) is 6.08 Å². The molecule has 0 aliphatic rings.